The van der Waals surface area contributed by atoms with Gasteiger partial charge in [0, 0.05) is 19.6 Å². The minimum absolute atomic E-state index is 0.790. The van der Waals surface area contributed by atoms with E-state index in [1.807, 2.05) is 0 Å². The van der Waals surface area contributed by atoms with Crippen molar-refractivity contribution >= 4 is 17.0 Å². The standard InChI is InChI=1S/C22H30N4/c1-4-18-11-13-19(14-12-18)17-23-22-24-20-9-7-8-10-21(20)26(22)16-15-25(5-2)6-3/h7-14H,4-6,15-17H2,1-3H3,(H,23,24). The monoisotopic (exact) mass is 350 g/mol. The van der Waals surface area contributed by atoms with Gasteiger partial charge in [-0.1, -0.05) is 57.2 Å². The lowest BCUT2D eigenvalue weighted by Gasteiger charge is -2.19. The van der Waals surface area contributed by atoms with E-state index >= 15 is 0 Å². The van der Waals surface area contributed by atoms with Gasteiger partial charge in [0.25, 0.3) is 0 Å². The van der Waals surface area contributed by atoms with Crippen LogP contribution in [0.25, 0.3) is 11.0 Å². The molecule has 0 aliphatic rings. The summed E-state index contributed by atoms with van der Waals surface area (Å²) in [7, 11) is 0. The predicted octanol–water partition coefficient (Wildman–Crippen LogP) is 4.55. The molecule has 1 heterocycles. The molecule has 3 aromatic rings. The summed E-state index contributed by atoms with van der Waals surface area (Å²) in [6.45, 7) is 11.5. The van der Waals surface area contributed by atoms with Crippen molar-refractivity contribution in [2.75, 3.05) is 25.0 Å². The second kappa shape index (κ2) is 8.86. The van der Waals surface area contributed by atoms with Gasteiger partial charge >= 0.3 is 0 Å². The summed E-state index contributed by atoms with van der Waals surface area (Å²) in [5.41, 5.74) is 4.91. The number of anilines is 1. The van der Waals surface area contributed by atoms with Gasteiger partial charge in [0.1, 0.15) is 0 Å². The number of para-hydroxylation sites is 2. The van der Waals surface area contributed by atoms with Crippen LogP contribution in [0, 0.1) is 0 Å². The van der Waals surface area contributed by atoms with Crippen molar-refractivity contribution in [2.45, 2.75) is 40.3 Å². The maximum absolute atomic E-state index is 4.82. The van der Waals surface area contributed by atoms with Crippen molar-refractivity contribution in [2.24, 2.45) is 0 Å². The number of nitrogens with one attached hydrogen (secondary N) is 1. The van der Waals surface area contributed by atoms with Crippen LogP contribution in [0.3, 0.4) is 0 Å². The van der Waals surface area contributed by atoms with Gasteiger partial charge in [-0.15, -0.1) is 0 Å². The normalized spacial score (nSPS) is 11.4. The Morgan fingerprint density at radius 2 is 1.62 bits per heavy atom. The molecular weight excluding hydrogens is 320 g/mol. The van der Waals surface area contributed by atoms with Gasteiger partial charge in [0.15, 0.2) is 0 Å². The van der Waals surface area contributed by atoms with Crippen molar-refractivity contribution in [1.29, 1.82) is 0 Å². The number of likely N-dealkylation sites (N-methyl/N-ethyl adjacent to an activating group) is 1. The highest BCUT2D eigenvalue weighted by molar-refractivity contribution is 5.78. The van der Waals surface area contributed by atoms with Gasteiger partial charge in [-0.25, -0.2) is 4.98 Å². The first kappa shape index (κ1) is 18.5. The fourth-order valence-electron chi connectivity index (χ4n) is 3.29. The number of imidazole rings is 1. The second-order valence-electron chi connectivity index (χ2n) is 6.63. The molecule has 0 unspecified atom stereocenters. The highest BCUT2D eigenvalue weighted by Crippen LogP contribution is 2.20. The molecule has 0 radical (unpaired) electrons. The van der Waals surface area contributed by atoms with E-state index in [2.05, 4.69) is 84.1 Å². The average molecular weight is 351 g/mol. The molecule has 0 atom stereocenters. The summed E-state index contributed by atoms with van der Waals surface area (Å²) >= 11 is 0. The molecule has 0 fully saturated rings. The van der Waals surface area contributed by atoms with Crippen LogP contribution in [-0.4, -0.2) is 34.1 Å². The van der Waals surface area contributed by atoms with E-state index in [0.29, 0.717) is 0 Å². The van der Waals surface area contributed by atoms with Crippen molar-refractivity contribution in [1.82, 2.24) is 14.5 Å². The predicted molar refractivity (Wildman–Crippen MR) is 111 cm³/mol. The van der Waals surface area contributed by atoms with Gasteiger partial charge < -0.3 is 14.8 Å². The number of aryl methyl sites for hydroxylation is 1. The first-order chi connectivity index (χ1) is 12.7. The van der Waals surface area contributed by atoms with Crippen molar-refractivity contribution in [3.05, 3.63) is 59.7 Å². The Balaban J connectivity index is 1.78. The SMILES string of the molecule is CCc1ccc(CNc2nc3ccccc3n2CCN(CC)CC)cc1. The second-order valence-corrected chi connectivity index (χ2v) is 6.63. The number of nitrogens with zero attached hydrogens (tertiary/aromatic N) is 3. The summed E-state index contributed by atoms with van der Waals surface area (Å²) in [4.78, 5) is 7.27. The molecule has 138 valence electrons. The molecule has 1 N–H and O–H groups in total. The molecule has 0 spiro atoms. The molecule has 3 rings (SSSR count). The van der Waals surface area contributed by atoms with Gasteiger partial charge in [0.05, 0.1) is 11.0 Å². The number of fused-ring (bicyclic) bond motifs is 1. The van der Waals surface area contributed by atoms with Crippen LogP contribution in [0.15, 0.2) is 48.5 Å². The smallest absolute Gasteiger partial charge is 0.204 e. The molecule has 0 aliphatic heterocycles. The van der Waals surface area contributed by atoms with Gasteiger partial charge in [0.2, 0.25) is 5.95 Å². The lowest BCUT2D eigenvalue weighted by Crippen LogP contribution is -2.27. The van der Waals surface area contributed by atoms with Gasteiger partial charge in [-0.05, 0) is 42.8 Å². The highest BCUT2D eigenvalue weighted by atomic mass is 15.2. The summed E-state index contributed by atoms with van der Waals surface area (Å²) in [6.07, 6.45) is 1.08. The molecule has 2 aromatic carbocycles. The quantitative estimate of drug-likeness (QED) is 0.614. The topological polar surface area (TPSA) is 33.1 Å². The van der Waals surface area contributed by atoms with Crippen LogP contribution in [-0.2, 0) is 19.5 Å². The number of aromatic nitrogens is 2. The van der Waals surface area contributed by atoms with E-state index in [4.69, 9.17) is 4.98 Å². The maximum atomic E-state index is 4.82. The van der Waals surface area contributed by atoms with E-state index < -0.39 is 0 Å². The minimum Gasteiger partial charge on any atom is -0.352 e. The third-order valence-electron chi connectivity index (χ3n) is 5.07. The van der Waals surface area contributed by atoms with Crippen LogP contribution in [0.4, 0.5) is 5.95 Å². The largest absolute Gasteiger partial charge is 0.352 e. The maximum Gasteiger partial charge on any atom is 0.204 e. The van der Waals surface area contributed by atoms with Crippen LogP contribution >= 0.6 is 0 Å². The fourth-order valence-corrected chi connectivity index (χ4v) is 3.29. The number of benzene rings is 2. The highest BCUT2D eigenvalue weighted by Gasteiger charge is 2.11. The molecule has 4 nitrogen and oxygen atoms in total. The Morgan fingerprint density at radius 3 is 2.31 bits per heavy atom. The molecule has 0 saturated carbocycles. The third-order valence-corrected chi connectivity index (χ3v) is 5.07. The Morgan fingerprint density at radius 1 is 0.923 bits per heavy atom. The van der Waals surface area contributed by atoms with Crippen LogP contribution in [0.2, 0.25) is 0 Å². The third kappa shape index (κ3) is 4.25. The van der Waals surface area contributed by atoms with Gasteiger partial charge in [-0.2, -0.15) is 0 Å². The number of hydrogen-bond donors (Lipinski definition) is 1. The lowest BCUT2D eigenvalue weighted by atomic mass is 10.1. The molecular formula is C22H30N4. The number of hydrogen-bond acceptors (Lipinski definition) is 3. The molecule has 4 heteroatoms. The van der Waals surface area contributed by atoms with E-state index in [0.717, 1.165) is 50.6 Å². The van der Waals surface area contributed by atoms with Crippen LogP contribution < -0.4 is 5.32 Å². The molecule has 26 heavy (non-hydrogen) atoms. The zero-order valence-electron chi connectivity index (χ0n) is 16.2. The molecule has 1 aromatic heterocycles. The van der Waals surface area contributed by atoms with Crippen molar-refractivity contribution in [3.8, 4) is 0 Å². The Bertz CT molecular complexity index is 816. The Hall–Kier alpha value is -2.33. The average Bonchev–Trinajstić information content (AvgIpc) is 3.05. The zero-order valence-corrected chi connectivity index (χ0v) is 16.2. The Labute approximate surface area is 156 Å². The fraction of sp³-hybridized carbons (Fsp3) is 0.409. The Kier molecular flexibility index (Phi) is 6.29. The van der Waals surface area contributed by atoms with E-state index in [9.17, 15) is 0 Å². The van der Waals surface area contributed by atoms with Crippen molar-refractivity contribution < 1.29 is 0 Å². The lowest BCUT2D eigenvalue weighted by molar-refractivity contribution is 0.292. The first-order valence-electron chi connectivity index (χ1n) is 9.74. The number of rotatable bonds is 9. The van der Waals surface area contributed by atoms with E-state index in [1.54, 1.807) is 0 Å². The molecule has 0 aliphatic carbocycles. The molecule has 0 saturated heterocycles. The van der Waals surface area contributed by atoms with Crippen molar-refractivity contribution in [3.63, 3.8) is 0 Å². The minimum atomic E-state index is 0.790. The molecule has 0 bridgehead atoms. The molecule has 0 amide bonds. The summed E-state index contributed by atoms with van der Waals surface area (Å²) in [5.74, 6) is 0.956. The first-order valence-corrected chi connectivity index (χ1v) is 9.74. The summed E-state index contributed by atoms with van der Waals surface area (Å²) in [5, 5.41) is 3.55. The van der Waals surface area contributed by atoms with Crippen LogP contribution in [0.1, 0.15) is 31.9 Å². The van der Waals surface area contributed by atoms with E-state index in [1.165, 1.54) is 16.6 Å². The van der Waals surface area contributed by atoms with E-state index in [-0.39, 0.29) is 0 Å². The van der Waals surface area contributed by atoms with Gasteiger partial charge in [-0.3, -0.25) is 0 Å². The summed E-state index contributed by atoms with van der Waals surface area (Å²) < 4.78 is 2.31. The van der Waals surface area contributed by atoms with Crippen LogP contribution in [0.5, 0.6) is 0 Å². The zero-order chi connectivity index (χ0) is 18.4. The summed E-state index contributed by atoms with van der Waals surface area (Å²) in [6, 6.07) is 17.2.